The van der Waals surface area contributed by atoms with E-state index < -0.39 is 6.09 Å². The molecule has 11 heteroatoms. The molecule has 2 aliphatic heterocycles. The molecule has 1 saturated heterocycles. The van der Waals surface area contributed by atoms with Gasteiger partial charge in [-0.15, -0.1) is 0 Å². The average Bonchev–Trinajstić information content (AvgIpc) is 3.05. The number of carbonyl (C=O) groups excluding carboxylic acids is 1. The fourth-order valence-corrected chi connectivity index (χ4v) is 3.07. The average molecular weight is 399 g/mol. The quantitative estimate of drug-likeness (QED) is 0.458. The molecule has 148 valence electrons. The monoisotopic (exact) mass is 398 g/mol. The van der Waals surface area contributed by atoms with Crippen LogP contribution in [0.15, 0.2) is 29.8 Å². The van der Waals surface area contributed by atoms with Crippen LogP contribution in [-0.4, -0.2) is 70.7 Å². The summed E-state index contributed by atoms with van der Waals surface area (Å²) >= 11 is 5.80. The molecule has 3 rings (SSSR count). The normalized spacial score (nSPS) is 16.6. The van der Waals surface area contributed by atoms with Gasteiger partial charge in [-0.25, -0.2) is 9.78 Å². The molecule has 1 aromatic rings. The second-order valence-electron chi connectivity index (χ2n) is 6.01. The largest absolute Gasteiger partial charge is 0.453 e. The van der Waals surface area contributed by atoms with Gasteiger partial charge in [0.2, 0.25) is 0 Å². The standard InChI is InChI=1S/C14H18ClN5O2.C2H5NO2/c1-2-17-9-12(20(21)22)14-18(5-6-19(14)10-17)8-11-3-4-13(15)16-7-11;1-5-2(3)4/h3-4,7H,2,5-6,8-10H2,1H3;1H3,(H2,3,4). The third-order valence-corrected chi connectivity index (χ3v) is 4.50. The molecule has 27 heavy (non-hydrogen) atoms. The lowest BCUT2D eigenvalue weighted by Crippen LogP contribution is -2.44. The number of ether oxygens (including phenoxy) is 1. The van der Waals surface area contributed by atoms with Crippen LogP contribution in [0.1, 0.15) is 12.5 Å². The van der Waals surface area contributed by atoms with Crippen molar-refractivity contribution in [3.05, 3.63) is 50.7 Å². The fourth-order valence-electron chi connectivity index (χ4n) is 2.96. The van der Waals surface area contributed by atoms with Crippen molar-refractivity contribution in [2.75, 3.05) is 40.0 Å². The van der Waals surface area contributed by atoms with Gasteiger partial charge in [0, 0.05) is 25.8 Å². The summed E-state index contributed by atoms with van der Waals surface area (Å²) in [6, 6.07) is 3.65. The minimum atomic E-state index is -0.745. The second kappa shape index (κ2) is 9.38. The minimum absolute atomic E-state index is 0.247. The third-order valence-electron chi connectivity index (χ3n) is 4.27. The molecular formula is C16H23ClN6O4. The Bertz CT molecular complexity index is 711. The number of methoxy groups -OCH3 is 1. The first-order chi connectivity index (χ1) is 12.8. The molecule has 3 heterocycles. The number of aromatic nitrogens is 1. The highest BCUT2D eigenvalue weighted by Gasteiger charge is 2.38. The van der Waals surface area contributed by atoms with Crippen molar-refractivity contribution in [1.29, 1.82) is 0 Å². The smallest absolute Gasteiger partial charge is 0.404 e. The number of amides is 1. The number of nitrogens with zero attached hydrogens (tertiary/aromatic N) is 5. The van der Waals surface area contributed by atoms with Gasteiger partial charge in [-0.2, -0.15) is 0 Å². The van der Waals surface area contributed by atoms with Crippen LogP contribution in [0.5, 0.6) is 0 Å². The topological polar surface area (TPSA) is 118 Å². The molecule has 0 radical (unpaired) electrons. The number of hydrogen-bond acceptors (Lipinski definition) is 8. The Balaban J connectivity index is 0.000000465. The Morgan fingerprint density at radius 1 is 1.44 bits per heavy atom. The van der Waals surface area contributed by atoms with Crippen molar-refractivity contribution >= 4 is 17.7 Å². The summed E-state index contributed by atoms with van der Waals surface area (Å²) in [6.45, 7) is 6.18. The number of nitro groups is 1. The zero-order valence-electron chi connectivity index (χ0n) is 15.3. The highest BCUT2D eigenvalue weighted by Crippen LogP contribution is 2.28. The molecule has 10 nitrogen and oxygen atoms in total. The first-order valence-electron chi connectivity index (χ1n) is 8.39. The summed E-state index contributed by atoms with van der Waals surface area (Å²) < 4.78 is 3.89. The molecule has 0 aromatic carbocycles. The van der Waals surface area contributed by atoms with Gasteiger partial charge in [-0.05, 0) is 18.2 Å². The number of likely N-dealkylation sites (N-methyl/N-ethyl adjacent to an activating group) is 1. The molecule has 2 aliphatic rings. The fraction of sp³-hybridized carbons (Fsp3) is 0.500. The number of primary amides is 1. The van der Waals surface area contributed by atoms with E-state index in [1.807, 2.05) is 13.0 Å². The molecule has 2 N–H and O–H groups in total. The first kappa shape index (κ1) is 20.7. The Hall–Kier alpha value is -2.59. The van der Waals surface area contributed by atoms with E-state index in [2.05, 4.69) is 30.2 Å². The number of hydrogen-bond donors (Lipinski definition) is 1. The molecule has 0 aliphatic carbocycles. The maximum Gasteiger partial charge on any atom is 0.404 e. The molecule has 0 unspecified atom stereocenters. The Morgan fingerprint density at radius 2 is 2.15 bits per heavy atom. The van der Waals surface area contributed by atoms with Gasteiger partial charge in [0.15, 0.2) is 5.82 Å². The van der Waals surface area contributed by atoms with E-state index in [1.54, 1.807) is 12.3 Å². The molecule has 1 amide bonds. The lowest BCUT2D eigenvalue weighted by atomic mass is 10.2. The van der Waals surface area contributed by atoms with Crippen LogP contribution in [0.25, 0.3) is 0 Å². The molecule has 0 spiro atoms. The molecular weight excluding hydrogens is 376 g/mol. The van der Waals surface area contributed by atoms with E-state index in [4.69, 9.17) is 11.6 Å². The lowest BCUT2D eigenvalue weighted by Gasteiger charge is -2.34. The van der Waals surface area contributed by atoms with E-state index >= 15 is 0 Å². The predicted molar refractivity (Wildman–Crippen MR) is 99.1 cm³/mol. The van der Waals surface area contributed by atoms with Gasteiger partial charge >= 0.3 is 6.09 Å². The van der Waals surface area contributed by atoms with Crippen molar-refractivity contribution in [3.8, 4) is 0 Å². The van der Waals surface area contributed by atoms with Crippen molar-refractivity contribution < 1.29 is 14.5 Å². The van der Waals surface area contributed by atoms with Crippen LogP contribution in [0.3, 0.4) is 0 Å². The summed E-state index contributed by atoms with van der Waals surface area (Å²) in [7, 11) is 1.22. The number of halogens is 1. The predicted octanol–water partition coefficient (Wildman–Crippen LogP) is 1.30. The van der Waals surface area contributed by atoms with E-state index in [-0.39, 0.29) is 10.6 Å². The van der Waals surface area contributed by atoms with Crippen molar-refractivity contribution in [3.63, 3.8) is 0 Å². The zero-order chi connectivity index (χ0) is 20.0. The van der Waals surface area contributed by atoms with Crippen molar-refractivity contribution in [2.24, 2.45) is 5.73 Å². The Labute approximate surface area is 162 Å². The number of rotatable bonds is 4. The lowest BCUT2D eigenvalue weighted by molar-refractivity contribution is -0.433. The first-order valence-corrected chi connectivity index (χ1v) is 8.77. The maximum absolute atomic E-state index is 11.4. The highest BCUT2D eigenvalue weighted by molar-refractivity contribution is 6.29. The molecule has 0 saturated carbocycles. The molecule has 1 aromatic heterocycles. The van der Waals surface area contributed by atoms with Gasteiger partial charge in [0.1, 0.15) is 5.15 Å². The van der Waals surface area contributed by atoms with E-state index in [0.29, 0.717) is 18.2 Å². The van der Waals surface area contributed by atoms with Gasteiger partial charge in [-0.1, -0.05) is 24.6 Å². The van der Waals surface area contributed by atoms with Crippen LogP contribution < -0.4 is 5.73 Å². The van der Waals surface area contributed by atoms with Crippen LogP contribution in [0.4, 0.5) is 4.79 Å². The summed E-state index contributed by atoms with van der Waals surface area (Å²) in [5.74, 6) is 0.754. The van der Waals surface area contributed by atoms with Crippen LogP contribution in [0.2, 0.25) is 5.15 Å². The van der Waals surface area contributed by atoms with Crippen LogP contribution >= 0.6 is 11.6 Å². The third kappa shape index (κ3) is 5.44. The minimum Gasteiger partial charge on any atom is -0.453 e. The summed E-state index contributed by atoms with van der Waals surface area (Å²) in [6.07, 6.45) is 0.975. The molecule has 1 fully saturated rings. The molecule has 0 bridgehead atoms. The second-order valence-corrected chi connectivity index (χ2v) is 6.40. The highest BCUT2D eigenvalue weighted by atomic mass is 35.5. The molecule has 0 atom stereocenters. The maximum atomic E-state index is 11.4. The Morgan fingerprint density at radius 3 is 2.67 bits per heavy atom. The van der Waals surface area contributed by atoms with Gasteiger partial charge in [0.25, 0.3) is 5.70 Å². The van der Waals surface area contributed by atoms with E-state index in [0.717, 1.165) is 37.7 Å². The van der Waals surface area contributed by atoms with Gasteiger partial charge in [-0.3, -0.25) is 15.0 Å². The number of nitrogens with two attached hydrogens (primary N) is 1. The number of pyridine rings is 1. The zero-order valence-corrected chi connectivity index (χ0v) is 16.1. The van der Waals surface area contributed by atoms with Gasteiger partial charge in [0.05, 0.1) is 25.2 Å². The van der Waals surface area contributed by atoms with Crippen molar-refractivity contribution in [2.45, 2.75) is 13.5 Å². The van der Waals surface area contributed by atoms with Crippen LogP contribution in [0, 0.1) is 10.1 Å². The van der Waals surface area contributed by atoms with Crippen molar-refractivity contribution in [1.82, 2.24) is 19.7 Å². The number of carbonyl (C=O) groups is 1. The van der Waals surface area contributed by atoms with E-state index in [9.17, 15) is 14.9 Å². The van der Waals surface area contributed by atoms with Crippen LogP contribution in [-0.2, 0) is 11.3 Å². The summed E-state index contributed by atoms with van der Waals surface area (Å²) in [4.78, 5) is 30.9. The Kier molecular flexibility index (Phi) is 7.19. The number of fused-ring (bicyclic) bond motifs is 1. The summed E-state index contributed by atoms with van der Waals surface area (Å²) in [5, 5.41) is 11.9. The summed E-state index contributed by atoms with van der Waals surface area (Å²) in [5.41, 5.74) is 5.71. The van der Waals surface area contributed by atoms with Gasteiger partial charge < -0.3 is 20.3 Å². The SMILES string of the molecule is CCN1CC([N+](=O)[O-])=C2N(Cc3ccc(Cl)nc3)CCN2C1.COC(N)=O. The van der Waals surface area contributed by atoms with E-state index in [1.165, 1.54) is 7.11 Å².